The number of anilines is 1. The molecular weight excluding hydrogens is 256 g/mol. The van der Waals surface area contributed by atoms with Crippen molar-refractivity contribution in [2.45, 2.75) is 25.1 Å². The quantitative estimate of drug-likeness (QED) is 0.245. The molecule has 5 heteroatoms. The molecule has 0 bridgehead atoms. The van der Waals surface area contributed by atoms with Crippen molar-refractivity contribution >= 4 is 35.0 Å². The molecule has 0 aromatic heterocycles. The molecule has 1 unspecified atom stereocenters. The second-order valence-corrected chi connectivity index (χ2v) is 4.96. The monoisotopic (exact) mass is 272 g/mol. The summed E-state index contributed by atoms with van der Waals surface area (Å²) in [4.78, 5) is 0. The fraction of sp³-hybridized carbons (Fsp3) is 0.417. The van der Waals surface area contributed by atoms with E-state index in [4.69, 9.17) is 16.7 Å². The van der Waals surface area contributed by atoms with Crippen LogP contribution in [-0.2, 0) is 0 Å². The molecule has 0 aliphatic rings. The van der Waals surface area contributed by atoms with Gasteiger partial charge in [-0.2, -0.15) is 5.10 Å². The molecular formula is C12H17ClN2OS. The van der Waals surface area contributed by atoms with Crippen LogP contribution in [0.1, 0.15) is 18.4 Å². The van der Waals surface area contributed by atoms with Crippen LogP contribution < -0.4 is 5.43 Å². The van der Waals surface area contributed by atoms with Gasteiger partial charge in [0.05, 0.1) is 22.7 Å². The molecule has 0 saturated heterocycles. The van der Waals surface area contributed by atoms with Gasteiger partial charge in [0.25, 0.3) is 0 Å². The van der Waals surface area contributed by atoms with Gasteiger partial charge in [-0.15, -0.1) is 24.2 Å². The summed E-state index contributed by atoms with van der Waals surface area (Å²) in [5, 5.41) is 13.3. The summed E-state index contributed by atoms with van der Waals surface area (Å²) in [5.74, 6) is 0. The highest BCUT2D eigenvalue weighted by Crippen LogP contribution is 2.10. The minimum Gasteiger partial charge on any atom is -0.395 e. The van der Waals surface area contributed by atoms with E-state index in [2.05, 4.69) is 23.2 Å². The van der Waals surface area contributed by atoms with E-state index >= 15 is 0 Å². The lowest BCUT2D eigenvalue weighted by Gasteiger charge is -2.05. The van der Waals surface area contributed by atoms with E-state index in [1.807, 2.05) is 31.2 Å². The van der Waals surface area contributed by atoms with E-state index in [9.17, 15) is 0 Å². The zero-order valence-corrected chi connectivity index (χ0v) is 11.4. The number of benzene rings is 1. The van der Waals surface area contributed by atoms with Gasteiger partial charge in [-0.3, -0.25) is 5.43 Å². The van der Waals surface area contributed by atoms with Crippen molar-refractivity contribution in [1.82, 2.24) is 0 Å². The van der Waals surface area contributed by atoms with Gasteiger partial charge in [0.2, 0.25) is 0 Å². The van der Waals surface area contributed by atoms with Crippen molar-refractivity contribution in [3.63, 3.8) is 0 Å². The molecule has 0 spiro atoms. The van der Waals surface area contributed by atoms with Crippen molar-refractivity contribution in [2.24, 2.45) is 5.10 Å². The second-order valence-electron chi connectivity index (χ2n) is 3.82. The number of nitrogens with one attached hydrogen (secondary N) is 1. The highest BCUT2D eigenvalue weighted by atomic mass is 35.5. The van der Waals surface area contributed by atoms with Crippen LogP contribution in [0.2, 0.25) is 0 Å². The number of nitrogens with zero attached hydrogens (tertiary/aromatic N) is 1. The summed E-state index contributed by atoms with van der Waals surface area (Å²) in [5.41, 5.74) is 5.05. The van der Waals surface area contributed by atoms with Crippen molar-refractivity contribution in [3.8, 4) is 0 Å². The first-order chi connectivity index (χ1) is 8.11. The fourth-order valence-corrected chi connectivity index (χ4v) is 1.48. The van der Waals surface area contributed by atoms with E-state index in [1.165, 1.54) is 5.56 Å². The SMILES string of the molecule is Cc1ccc(N/N=C(/S)CCC(Cl)CO)cc1. The Labute approximate surface area is 112 Å². The van der Waals surface area contributed by atoms with E-state index in [1.54, 1.807) is 0 Å². The summed E-state index contributed by atoms with van der Waals surface area (Å²) in [7, 11) is 0. The molecule has 1 rings (SSSR count). The Morgan fingerprint density at radius 3 is 2.71 bits per heavy atom. The third kappa shape index (κ3) is 5.96. The molecule has 1 atom stereocenters. The van der Waals surface area contributed by atoms with Crippen LogP contribution in [0.4, 0.5) is 5.69 Å². The van der Waals surface area contributed by atoms with Crippen LogP contribution in [0.5, 0.6) is 0 Å². The van der Waals surface area contributed by atoms with Gasteiger partial charge in [0.1, 0.15) is 0 Å². The normalized spacial score (nSPS) is 13.5. The number of rotatable bonds is 6. The first-order valence-electron chi connectivity index (χ1n) is 5.45. The molecule has 3 nitrogen and oxygen atoms in total. The maximum atomic E-state index is 8.77. The van der Waals surface area contributed by atoms with Gasteiger partial charge in [-0.25, -0.2) is 0 Å². The largest absolute Gasteiger partial charge is 0.395 e. The maximum absolute atomic E-state index is 8.77. The topological polar surface area (TPSA) is 44.6 Å². The number of aliphatic hydroxyl groups excluding tert-OH is 1. The number of hydrazone groups is 1. The molecule has 0 amide bonds. The van der Waals surface area contributed by atoms with E-state index in [-0.39, 0.29) is 12.0 Å². The number of thiol groups is 1. The Bertz CT molecular complexity index is 367. The second kappa shape index (κ2) is 7.58. The Morgan fingerprint density at radius 1 is 1.47 bits per heavy atom. The molecule has 0 heterocycles. The molecule has 0 fully saturated rings. The Kier molecular flexibility index (Phi) is 6.40. The summed E-state index contributed by atoms with van der Waals surface area (Å²) in [6.45, 7) is 2.01. The number of hydrogen-bond acceptors (Lipinski definition) is 3. The van der Waals surface area contributed by atoms with Crippen LogP contribution in [0.15, 0.2) is 29.4 Å². The number of aryl methyl sites for hydroxylation is 1. The van der Waals surface area contributed by atoms with Gasteiger partial charge in [0.15, 0.2) is 0 Å². The first-order valence-corrected chi connectivity index (χ1v) is 6.33. The van der Waals surface area contributed by atoms with Gasteiger partial charge in [-0.1, -0.05) is 17.7 Å². The molecule has 0 saturated carbocycles. The van der Waals surface area contributed by atoms with Crippen LogP contribution in [0, 0.1) is 6.92 Å². The molecule has 1 aromatic rings. The molecule has 2 N–H and O–H groups in total. The predicted molar refractivity (Wildman–Crippen MR) is 77.2 cm³/mol. The van der Waals surface area contributed by atoms with Gasteiger partial charge in [0, 0.05) is 0 Å². The molecule has 0 radical (unpaired) electrons. The Hall–Kier alpha value is -0.710. The lowest BCUT2D eigenvalue weighted by Crippen LogP contribution is -2.06. The minimum absolute atomic E-state index is 0.0198. The Balaban J connectivity index is 2.39. The minimum atomic E-state index is -0.230. The van der Waals surface area contributed by atoms with Crippen molar-refractivity contribution < 1.29 is 5.11 Å². The van der Waals surface area contributed by atoms with Crippen LogP contribution >= 0.6 is 24.2 Å². The standard InChI is InChI=1S/C12H17ClN2OS/c1-9-2-5-11(6-3-9)14-15-12(17)7-4-10(13)8-16/h2-3,5-6,10,14,16H,4,7-8H2,1H3,(H,15,17). The predicted octanol–water partition coefficient (Wildman–Crippen LogP) is 3.03. The van der Waals surface area contributed by atoms with E-state index in [0.29, 0.717) is 17.9 Å². The van der Waals surface area contributed by atoms with Crippen molar-refractivity contribution in [1.29, 1.82) is 0 Å². The highest BCUT2D eigenvalue weighted by Gasteiger charge is 2.03. The van der Waals surface area contributed by atoms with Crippen LogP contribution in [0.3, 0.4) is 0 Å². The first kappa shape index (κ1) is 14.4. The third-order valence-electron chi connectivity index (χ3n) is 2.24. The van der Waals surface area contributed by atoms with Crippen molar-refractivity contribution in [3.05, 3.63) is 29.8 Å². The van der Waals surface area contributed by atoms with Gasteiger partial charge >= 0.3 is 0 Å². The van der Waals surface area contributed by atoms with Crippen molar-refractivity contribution in [2.75, 3.05) is 12.0 Å². The number of halogens is 1. The zero-order valence-electron chi connectivity index (χ0n) is 9.73. The molecule has 17 heavy (non-hydrogen) atoms. The molecule has 0 aliphatic carbocycles. The average molecular weight is 273 g/mol. The number of aliphatic hydroxyl groups is 1. The summed E-state index contributed by atoms with van der Waals surface area (Å²) in [6.07, 6.45) is 1.31. The van der Waals surface area contributed by atoms with Crippen LogP contribution in [0.25, 0.3) is 0 Å². The summed E-state index contributed by atoms with van der Waals surface area (Å²) in [6, 6.07) is 7.93. The lowest BCUT2D eigenvalue weighted by atomic mass is 10.2. The fourth-order valence-electron chi connectivity index (χ4n) is 1.19. The number of alkyl halides is 1. The third-order valence-corrected chi connectivity index (χ3v) is 2.92. The van der Waals surface area contributed by atoms with Crippen LogP contribution in [-0.4, -0.2) is 22.1 Å². The Morgan fingerprint density at radius 2 is 2.12 bits per heavy atom. The summed E-state index contributed by atoms with van der Waals surface area (Å²) < 4.78 is 0. The van der Waals surface area contributed by atoms with E-state index in [0.717, 1.165) is 5.69 Å². The van der Waals surface area contributed by atoms with Gasteiger partial charge < -0.3 is 5.11 Å². The molecule has 0 aliphatic heterocycles. The number of hydrogen-bond donors (Lipinski definition) is 3. The molecule has 94 valence electrons. The molecule has 1 aromatic carbocycles. The van der Waals surface area contributed by atoms with Gasteiger partial charge in [-0.05, 0) is 31.9 Å². The lowest BCUT2D eigenvalue weighted by molar-refractivity contribution is 0.289. The zero-order chi connectivity index (χ0) is 12.7. The summed E-state index contributed by atoms with van der Waals surface area (Å²) >= 11 is 10.0. The smallest absolute Gasteiger partial charge is 0.0905 e. The maximum Gasteiger partial charge on any atom is 0.0905 e. The average Bonchev–Trinajstić information content (AvgIpc) is 2.35. The van der Waals surface area contributed by atoms with E-state index < -0.39 is 0 Å². The highest BCUT2D eigenvalue weighted by molar-refractivity contribution is 7.97.